The molecule has 13 aromatic heterocycles. The lowest BCUT2D eigenvalue weighted by molar-refractivity contribution is 1.02. The van der Waals surface area contributed by atoms with Crippen LogP contribution < -0.4 is 0 Å². The first-order chi connectivity index (χ1) is 72.6. The van der Waals surface area contributed by atoms with E-state index in [1.165, 1.54) is 10.8 Å². The van der Waals surface area contributed by atoms with E-state index in [0.29, 0.717) is 79.1 Å². The zero-order valence-corrected chi connectivity index (χ0v) is 77.5. The third kappa shape index (κ3) is 12.9. The molecule has 30 aromatic rings. The molecule has 0 aliphatic rings. The Bertz CT molecular complexity index is 11000. The van der Waals surface area contributed by atoms with Crippen molar-refractivity contribution >= 4 is 227 Å². The van der Waals surface area contributed by atoms with Crippen LogP contribution in [0, 0.1) is 76.4 Å². The largest absolute Gasteiger partial charge is 0.309 e. The summed E-state index contributed by atoms with van der Waals surface area (Å²) in [6.45, 7) is 23.3. The summed E-state index contributed by atoms with van der Waals surface area (Å²) in [6.07, 6.45) is 0. The topological polar surface area (TPSA) is 290 Å². The summed E-state index contributed by atoms with van der Waals surface area (Å²) in [7, 11) is 0. The number of nitrogens with zero attached hydrogens (tertiary/aromatic N) is 28. The lowest BCUT2D eigenvalue weighted by Crippen LogP contribution is -2.02. The second kappa shape index (κ2) is 33.3. The number of aromatic nitrogens is 20. The Labute approximate surface area is 832 Å². The van der Waals surface area contributed by atoms with E-state index in [9.17, 15) is 26.3 Å². The molecule has 13 heterocycles. The molecule has 30 rings (SSSR count). The molecule has 29 heteroatoms. The highest BCUT2D eigenvalue weighted by Crippen LogP contribution is 2.42. The van der Waals surface area contributed by atoms with Crippen LogP contribution in [0.25, 0.3) is 236 Å². The van der Waals surface area contributed by atoms with Gasteiger partial charge in [-0.3, -0.25) is 35.2 Å². The molecule has 147 heavy (non-hydrogen) atoms. The van der Waals surface area contributed by atoms with Gasteiger partial charge in [0.1, 0.15) is 0 Å². The number of nitriles is 5. The summed E-state index contributed by atoms with van der Waals surface area (Å²) in [5, 5.41) is 51.2. The number of hydrogen-bond donors (Lipinski definition) is 0. The SMILES string of the molecule is [C-]#[N+]c1cc2c(cc1C#N)n1c3ccccc3nc1n(-c1ccc(-n3c4ccccc4c4ccccc43)cc1)c1nc3ccccc3n21.[C-]#[N+]c1cc2c(cc1C#N)n1c3ccccc3nc1n(-c1ccc(C#N)cc1)c1nc3ccccc3n21.[C-]#[N+]c1cc2c(cc1C#N)n1c3ccccc3nc1n(-c1cccc(C#N)c1)c1nc3ccccc3n21.c1ccc2c(c1)nc1sc3nc4ccccc4n3c3ccccc3n12. The molecule has 0 aliphatic carbocycles. The van der Waals surface area contributed by atoms with Crippen molar-refractivity contribution < 1.29 is 0 Å². The van der Waals surface area contributed by atoms with Gasteiger partial charge < -0.3 is 4.57 Å². The Morgan fingerprint density at radius 1 is 0.197 bits per heavy atom. The lowest BCUT2D eigenvalue weighted by atomic mass is 10.1. The highest BCUT2D eigenvalue weighted by atomic mass is 32.1. The van der Waals surface area contributed by atoms with Gasteiger partial charge in [-0.15, -0.1) is 0 Å². The third-order valence-electron chi connectivity index (χ3n) is 26.9. The van der Waals surface area contributed by atoms with Crippen LogP contribution in [-0.4, -0.2) is 93.3 Å². The second-order valence-corrected chi connectivity index (χ2v) is 35.8. The molecular formula is C118H62N28S. The minimum Gasteiger partial charge on any atom is -0.309 e. The van der Waals surface area contributed by atoms with E-state index < -0.39 is 0 Å². The molecule has 0 N–H and O–H groups in total. The average Bonchev–Trinajstić information content (AvgIpc) is 1.56. The minimum absolute atomic E-state index is 0.260. The van der Waals surface area contributed by atoms with Crippen molar-refractivity contribution in [3.63, 3.8) is 0 Å². The van der Waals surface area contributed by atoms with Crippen LogP contribution in [0.15, 0.2) is 376 Å². The molecule has 0 fully saturated rings. The zero-order valence-electron chi connectivity index (χ0n) is 76.7. The Kier molecular flexibility index (Phi) is 19.1. The molecule has 0 atom stereocenters. The van der Waals surface area contributed by atoms with Gasteiger partial charge in [0, 0.05) is 16.5 Å². The van der Waals surface area contributed by atoms with E-state index in [2.05, 4.69) is 205 Å². The quantitative estimate of drug-likeness (QED) is 0.148. The molecule has 28 nitrogen and oxygen atoms in total. The first kappa shape index (κ1) is 84.1. The fourth-order valence-corrected chi connectivity index (χ4v) is 21.6. The summed E-state index contributed by atoms with van der Waals surface area (Å²) in [5.74, 6) is 3.56. The van der Waals surface area contributed by atoms with Crippen molar-refractivity contribution in [3.05, 3.63) is 438 Å². The first-order valence-electron chi connectivity index (χ1n) is 46.5. The highest BCUT2D eigenvalue weighted by Gasteiger charge is 2.28. The van der Waals surface area contributed by atoms with Gasteiger partial charge in [0.15, 0.2) is 9.92 Å². The van der Waals surface area contributed by atoms with Crippen LogP contribution in [0.2, 0.25) is 0 Å². The number of benzene rings is 17. The number of rotatable bonds is 4. The predicted molar refractivity (Wildman–Crippen MR) is 574 cm³/mol. The van der Waals surface area contributed by atoms with E-state index in [1.54, 1.807) is 72.0 Å². The predicted octanol–water partition coefficient (Wildman–Crippen LogP) is 26.6. The van der Waals surface area contributed by atoms with Crippen LogP contribution in [0.1, 0.15) is 27.8 Å². The summed E-state index contributed by atoms with van der Waals surface area (Å²) >= 11 is 1.62. The van der Waals surface area contributed by atoms with Crippen molar-refractivity contribution in [2.75, 3.05) is 0 Å². The smallest absolute Gasteiger partial charge is 0.223 e. The highest BCUT2D eigenvalue weighted by molar-refractivity contribution is 7.21. The Balaban J connectivity index is 0.0000000991. The standard InChI is InChI=1S/C40H22N8.2C29H14N8.C20H12N4S/c1-42-32-23-38-37(22-25(32)24-41)47-35-16-8-4-12-30(35)43-39(47)46(40-44-31-13-5-9-17-36(31)48(38)40)27-20-18-26(19-21-27)45-33-14-6-2-10-28(33)29-11-3-7-15-34(29)45;1-32-23-15-27-26(14-19(23)17-31)36-24-11-4-2-9-21(24)33-28(36)35(20-8-6-7-18(13-20)16-30)29-34-22-10-3-5-12-25(22)37(27)29;1-32-23-15-27-26(14-19(23)17-31)36-24-8-4-2-6-21(24)33-28(36)35(20-12-10-18(16-30)11-13-20)29-34-22-7-3-5-9-25(22)37(27)29;1-3-9-15-13(7-1)21-19-23(15)17-11-5-6-12-18(17)24-16-10-4-2-8-14(16)22-20(24)25-19/h2-23H;2*2-15H;1-12H. The van der Waals surface area contributed by atoms with Gasteiger partial charge >= 0.3 is 0 Å². The van der Waals surface area contributed by atoms with Crippen molar-refractivity contribution in [3.8, 4) is 53.1 Å². The maximum atomic E-state index is 10.1. The van der Waals surface area contributed by atoms with Crippen molar-refractivity contribution in [2.24, 2.45) is 0 Å². The molecule has 680 valence electrons. The number of para-hydroxylation sites is 20. The molecule has 0 unspecified atom stereocenters. The summed E-state index contributed by atoms with van der Waals surface area (Å²) < 4.78 is 24.8. The van der Waals surface area contributed by atoms with Crippen LogP contribution in [0.4, 0.5) is 17.1 Å². The summed E-state index contributed by atoms with van der Waals surface area (Å²) in [6, 6.07) is 134. The summed E-state index contributed by atoms with van der Waals surface area (Å²) in [5.41, 5.74) is 29.1. The summed E-state index contributed by atoms with van der Waals surface area (Å²) in [4.78, 5) is 53.0. The Hall–Kier alpha value is -22.2. The molecule has 0 spiro atoms. The van der Waals surface area contributed by atoms with E-state index in [1.807, 2.05) is 209 Å². The maximum absolute atomic E-state index is 10.1. The fraction of sp³-hybridized carbons (Fsp3) is 0. The van der Waals surface area contributed by atoms with Gasteiger partial charge in [0.05, 0.1) is 238 Å². The normalized spacial score (nSPS) is 11.5. The van der Waals surface area contributed by atoms with E-state index in [-0.39, 0.29) is 28.2 Å². The van der Waals surface area contributed by atoms with Crippen molar-refractivity contribution in [1.82, 2.24) is 93.3 Å². The van der Waals surface area contributed by atoms with Crippen molar-refractivity contribution in [1.29, 1.82) is 26.3 Å². The molecule has 0 aliphatic heterocycles. The van der Waals surface area contributed by atoms with Gasteiger partial charge in [-0.05, 0) is 224 Å². The number of hydrogen-bond acceptors (Lipinski definition) is 14. The molecular weight excluding hydrogens is 1840 g/mol. The first-order valence-corrected chi connectivity index (χ1v) is 47.3. The van der Waals surface area contributed by atoms with E-state index in [4.69, 9.17) is 59.6 Å². The van der Waals surface area contributed by atoms with Gasteiger partial charge in [0.2, 0.25) is 51.7 Å². The van der Waals surface area contributed by atoms with Crippen LogP contribution in [0.3, 0.4) is 0 Å². The van der Waals surface area contributed by atoms with Crippen LogP contribution in [-0.2, 0) is 0 Å². The van der Waals surface area contributed by atoms with Gasteiger partial charge in [-0.2, -0.15) is 26.3 Å². The van der Waals surface area contributed by atoms with Crippen LogP contribution in [0.5, 0.6) is 0 Å². The number of fused-ring (bicyclic) bond motifs is 39. The average molecular weight is 1900 g/mol. The Morgan fingerprint density at radius 2 is 0.442 bits per heavy atom. The minimum atomic E-state index is 0.260. The maximum Gasteiger partial charge on any atom is 0.223 e. The fourth-order valence-electron chi connectivity index (χ4n) is 20.6. The molecule has 17 aromatic carbocycles. The monoisotopic (exact) mass is 1900 g/mol. The van der Waals surface area contributed by atoms with E-state index in [0.717, 1.165) is 148 Å². The molecule has 0 bridgehead atoms. The third-order valence-corrected chi connectivity index (χ3v) is 27.9. The van der Waals surface area contributed by atoms with E-state index >= 15 is 0 Å². The number of imidazole rings is 8. The molecule has 0 saturated carbocycles. The molecule has 0 amide bonds. The molecule has 0 saturated heterocycles. The van der Waals surface area contributed by atoms with Crippen molar-refractivity contribution in [2.45, 2.75) is 0 Å². The Morgan fingerprint density at radius 3 is 0.735 bits per heavy atom. The molecule has 0 radical (unpaired) electrons. The second-order valence-electron chi connectivity index (χ2n) is 34.9. The van der Waals surface area contributed by atoms with Crippen LogP contribution >= 0.6 is 11.3 Å². The zero-order chi connectivity index (χ0) is 98.5. The van der Waals surface area contributed by atoms with Gasteiger partial charge in [-0.1, -0.05) is 163 Å². The van der Waals surface area contributed by atoms with Gasteiger partial charge in [0.25, 0.3) is 0 Å². The lowest BCUT2D eigenvalue weighted by Gasteiger charge is -2.11. The van der Waals surface area contributed by atoms with Gasteiger partial charge in [-0.25, -0.2) is 68.1 Å².